The van der Waals surface area contributed by atoms with Crippen LogP contribution in [0.25, 0.3) is 0 Å². The lowest BCUT2D eigenvalue weighted by molar-refractivity contribution is -0.157. The number of carbonyl (C=O) groups is 3. The summed E-state index contributed by atoms with van der Waals surface area (Å²) in [4.78, 5) is 43.1. The Hall–Kier alpha value is -3.32. The van der Waals surface area contributed by atoms with Gasteiger partial charge >= 0.3 is 5.97 Å². The Balaban J connectivity index is 1.46. The number of esters is 1. The second kappa shape index (κ2) is 9.50. The standard InChI is InChI=1S/C26H28ClN3O4/c1-26(2,3)25(33)34-17-28-15-20(29(16-28)14-18-8-10-19(27)11-9-18)12-13-30-23(31)21-6-4-5-7-22(21)24(30)32/h4-11,15H,12-14,16-17H2,1-3H3. The van der Waals surface area contributed by atoms with Crippen molar-refractivity contribution in [1.82, 2.24) is 14.7 Å². The van der Waals surface area contributed by atoms with Crippen molar-refractivity contribution in [2.45, 2.75) is 33.7 Å². The third-order valence-corrected chi connectivity index (χ3v) is 6.07. The van der Waals surface area contributed by atoms with Gasteiger partial charge < -0.3 is 14.5 Å². The Morgan fingerprint density at radius 3 is 2.21 bits per heavy atom. The van der Waals surface area contributed by atoms with Crippen LogP contribution in [0.3, 0.4) is 0 Å². The van der Waals surface area contributed by atoms with Crippen LogP contribution < -0.4 is 0 Å². The lowest BCUT2D eigenvalue weighted by Gasteiger charge is -2.25. The maximum atomic E-state index is 12.7. The van der Waals surface area contributed by atoms with Gasteiger partial charge in [-0.3, -0.25) is 19.3 Å². The molecular formula is C26H28ClN3O4. The molecule has 2 heterocycles. The zero-order valence-electron chi connectivity index (χ0n) is 19.6. The van der Waals surface area contributed by atoms with Crippen LogP contribution in [0.4, 0.5) is 0 Å². The van der Waals surface area contributed by atoms with Crippen LogP contribution in [0.15, 0.2) is 60.4 Å². The van der Waals surface area contributed by atoms with E-state index in [0.29, 0.717) is 35.8 Å². The first-order valence-electron chi connectivity index (χ1n) is 11.2. The van der Waals surface area contributed by atoms with Crippen molar-refractivity contribution >= 4 is 29.4 Å². The van der Waals surface area contributed by atoms with Gasteiger partial charge in [0.15, 0.2) is 6.73 Å². The SMILES string of the molecule is CC(C)(C)C(=O)OCN1C=C(CCN2C(=O)c3ccccc3C2=O)N(Cc2ccc(Cl)cc2)C1. The van der Waals surface area contributed by atoms with E-state index in [4.69, 9.17) is 16.3 Å². The first-order valence-corrected chi connectivity index (χ1v) is 11.6. The number of ether oxygens (including phenoxy) is 1. The molecule has 0 bridgehead atoms. The zero-order valence-corrected chi connectivity index (χ0v) is 20.3. The molecule has 2 aliphatic rings. The Bertz CT molecular complexity index is 1100. The fraction of sp³-hybridized carbons (Fsp3) is 0.346. The van der Waals surface area contributed by atoms with E-state index in [9.17, 15) is 14.4 Å². The Morgan fingerprint density at radius 1 is 1.00 bits per heavy atom. The topological polar surface area (TPSA) is 70.2 Å². The van der Waals surface area contributed by atoms with Gasteiger partial charge in [0.1, 0.15) is 0 Å². The third-order valence-electron chi connectivity index (χ3n) is 5.82. The highest BCUT2D eigenvalue weighted by Crippen LogP contribution is 2.27. The summed E-state index contributed by atoms with van der Waals surface area (Å²) < 4.78 is 5.49. The molecule has 0 fully saturated rings. The van der Waals surface area contributed by atoms with Crippen LogP contribution in [0.1, 0.15) is 53.5 Å². The van der Waals surface area contributed by atoms with Gasteiger partial charge in [0, 0.05) is 36.4 Å². The highest BCUT2D eigenvalue weighted by Gasteiger charge is 2.35. The number of fused-ring (bicyclic) bond motifs is 1. The highest BCUT2D eigenvalue weighted by molar-refractivity contribution is 6.30. The molecule has 2 amide bonds. The quantitative estimate of drug-likeness (QED) is 0.428. The first-order chi connectivity index (χ1) is 16.1. The Kier molecular flexibility index (Phi) is 6.66. The Morgan fingerprint density at radius 2 is 1.62 bits per heavy atom. The fourth-order valence-corrected chi connectivity index (χ4v) is 4.06. The van der Waals surface area contributed by atoms with E-state index >= 15 is 0 Å². The molecule has 178 valence electrons. The van der Waals surface area contributed by atoms with E-state index in [-0.39, 0.29) is 31.1 Å². The molecule has 0 aromatic heterocycles. The number of imide groups is 1. The van der Waals surface area contributed by atoms with E-state index in [1.54, 1.807) is 24.3 Å². The minimum absolute atomic E-state index is 0.129. The predicted octanol–water partition coefficient (Wildman–Crippen LogP) is 4.49. The van der Waals surface area contributed by atoms with Crippen molar-refractivity contribution in [3.8, 4) is 0 Å². The van der Waals surface area contributed by atoms with Gasteiger partial charge in [-0.2, -0.15) is 0 Å². The average Bonchev–Trinajstić information content (AvgIpc) is 3.29. The largest absolute Gasteiger partial charge is 0.444 e. The van der Waals surface area contributed by atoms with Gasteiger partial charge in [0.25, 0.3) is 11.8 Å². The first kappa shape index (κ1) is 23.8. The smallest absolute Gasteiger partial charge is 0.312 e. The fourth-order valence-electron chi connectivity index (χ4n) is 3.93. The van der Waals surface area contributed by atoms with Crippen molar-refractivity contribution in [2.24, 2.45) is 5.41 Å². The molecule has 7 nitrogen and oxygen atoms in total. The predicted molar refractivity (Wildman–Crippen MR) is 129 cm³/mol. The molecule has 0 N–H and O–H groups in total. The number of carbonyl (C=O) groups excluding carboxylic acids is 3. The van der Waals surface area contributed by atoms with Gasteiger partial charge in [0.2, 0.25) is 0 Å². The highest BCUT2D eigenvalue weighted by atomic mass is 35.5. The molecule has 0 unspecified atom stereocenters. The maximum Gasteiger partial charge on any atom is 0.312 e. The van der Waals surface area contributed by atoms with Crippen molar-refractivity contribution in [1.29, 1.82) is 0 Å². The summed E-state index contributed by atoms with van der Waals surface area (Å²) in [7, 11) is 0. The summed E-state index contributed by atoms with van der Waals surface area (Å²) in [6, 6.07) is 14.5. The third kappa shape index (κ3) is 5.09. The van der Waals surface area contributed by atoms with Crippen LogP contribution in [-0.2, 0) is 16.1 Å². The van der Waals surface area contributed by atoms with Crippen molar-refractivity contribution in [2.75, 3.05) is 19.9 Å². The molecule has 0 radical (unpaired) electrons. The van der Waals surface area contributed by atoms with Crippen LogP contribution in [-0.4, -0.2) is 52.4 Å². The van der Waals surface area contributed by atoms with E-state index in [1.807, 2.05) is 56.1 Å². The number of nitrogens with zero attached hydrogens (tertiary/aromatic N) is 3. The second-order valence-corrected chi connectivity index (χ2v) is 9.98. The summed E-state index contributed by atoms with van der Waals surface area (Å²) in [6.07, 6.45) is 2.42. The monoisotopic (exact) mass is 481 g/mol. The minimum Gasteiger partial charge on any atom is -0.444 e. The molecule has 0 aliphatic carbocycles. The number of hydrogen-bond acceptors (Lipinski definition) is 6. The number of amides is 2. The summed E-state index contributed by atoms with van der Waals surface area (Å²) in [5.41, 5.74) is 2.34. The molecule has 2 aromatic carbocycles. The normalized spacial score (nSPS) is 15.6. The molecule has 0 atom stereocenters. The molecule has 4 rings (SSSR count). The van der Waals surface area contributed by atoms with Gasteiger partial charge in [0.05, 0.1) is 23.2 Å². The van der Waals surface area contributed by atoms with E-state index in [2.05, 4.69) is 4.90 Å². The van der Waals surface area contributed by atoms with Crippen LogP contribution in [0.5, 0.6) is 0 Å². The van der Waals surface area contributed by atoms with Crippen LogP contribution in [0, 0.1) is 5.41 Å². The summed E-state index contributed by atoms with van der Waals surface area (Å²) in [5, 5.41) is 0.669. The lowest BCUT2D eigenvalue weighted by atomic mass is 9.98. The van der Waals surface area contributed by atoms with E-state index in [0.717, 1.165) is 11.3 Å². The van der Waals surface area contributed by atoms with Gasteiger partial charge in [-0.15, -0.1) is 0 Å². The molecular weight excluding hydrogens is 454 g/mol. The number of benzene rings is 2. The van der Waals surface area contributed by atoms with Gasteiger partial charge in [-0.1, -0.05) is 35.9 Å². The van der Waals surface area contributed by atoms with Crippen molar-refractivity contribution < 1.29 is 19.1 Å². The number of halogens is 1. The molecule has 8 heteroatoms. The van der Waals surface area contributed by atoms with Crippen molar-refractivity contribution in [3.63, 3.8) is 0 Å². The van der Waals surface area contributed by atoms with Crippen LogP contribution in [0.2, 0.25) is 5.02 Å². The molecule has 0 saturated heterocycles. The molecule has 34 heavy (non-hydrogen) atoms. The Labute approximate surface area is 204 Å². The number of rotatable bonds is 7. The average molecular weight is 482 g/mol. The minimum atomic E-state index is -0.583. The van der Waals surface area contributed by atoms with E-state index in [1.165, 1.54) is 4.90 Å². The van der Waals surface area contributed by atoms with Crippen molar-refractivity contribution in [3.05, 3.63) is 82.1 Å². The maximum absolute atomic E-state index is 12.7. The number of hydrogen-bond donors (Lipinski definition) is 0. The summed E-state index contributed by atoms with van der Waals surface area (Å²) in [5.74, 6) is -0.802. The zero-order chi connectivity index (χ0) is 24.5. The van der Waals surface area contributed by atoms with E-state index < -0.39 is 5.41 Å². The van der Waals surface area contributed by atoms with Crippen LogP contribution >= 0.6 is 11.6 Å². The molecule has 2 aliphatic heterocycles. The summed E-state index contributed by atoms with van der Waals surface area (Å²) in [6.45, 7) is 6.99. The summed E-state index contributed by atoms with van der Waals surface area (Å²) >= 11 is 6.02. The van der Waals surface area contributed by atoms with Gasteiger partial charge in [-0.05, 0) is 50.6 Å². The molecule has 2 aromatic rings. The molecule has 0 saturated carbocycles. The molecule has 0 spiro atoms. The lowest BCUT2D eigenvalue weighted by Crippen LogP contribution is -2.33. The second-order valence-electron chi connectivity index (χ2n) is 9.54. The van der Waals surface area contributed by atoms with Gasteiger partial charge in [-0.25, -0.2) is 0 Å².